The Kier molecular flexibility index (Phi) is 6.54. The van der Waals surface area contributed by atoms with Crippen molar-refractivity contribution in [2.24, 2.45) is 0 Å². The van der Waals surface area contributed by atoms with E-state index in [-0.39, 0.29) is 23.4 Å². The number of halogens is 1. The first-order valence-corrected chi connectivity index (χ1v) is 10.7. The quantitative estimate of drug-likeness (QED) is 0.240. The molecule has 0 saturated carbocycles. The second-order valence-electron chi connectivity index (χ2n) is 7.88. The van der Waals surface area contributed by atoms with Crippen molar-refractivity contribution >= 4 is 17.4 Å². The van der Waals surface area contributed by atoms with Crippen LogP contribution in [0.15, 0.2) is 85.2 Å². The van der Waals surface area contributed by atoms with Gasteiger partial charge in [-0.2, -0.15) is 0 Å². The zero-order valence-corrected chi connectivity index (χ0v) is 18.6. The number of rotatable bonds is 7. The minimum atomic E-state index is -1.09. The summed E-state index contributed by atoms with van der Waals surface area (Å²) in [7, 11) is 0. The first-order chi connectivity index (χ1) is 16.4. The number of Topliss-reactive ketones (excluding diaryl/α,β-unsaturated/α-hetero) is 1. The number of aryl methyl sites for hydroxylation is 1. The van der Waals surface area contributed by atoms with Crippen molar-refractivity contribution in [3.63, 3.8) is 0 Å². The Balaban J connectivity index is 1.85. The third kappa shape index (κ3) is 4.32. The number of carbonyl (C=O) groups excluding carboxylic acids is 2. The molecule has 1 aliphatic rings. The Morgan fingerprint density at radius 1 is 1.18 bits per heavy atom. The molecule has 0 bridgehead atoms. The highest BCUT2D eigenvalue weighted by Gasteiger charge is 2.47. The summed E-state index contributed by atoms with van der Waals surface area (Å²) in [4.78, 5) is 31.5. The van der Waals surface area contributed by atoms with E-state index >= 15 is 0 Å². The standard InChI is InChI=1S/C27H23FN2O4/c1-3-14-34-19-8-9-20(17(2)15-19)25(31)23-24(21-6-4-5-7-22(21)28)30(27(33)26(23)32)16-18-10-12-29-13-11-18/h3-13,15,24,31H,1,14,16H2,2H3. The molecule has 2 aromatic carbocycles. The van der Waals surface area contributed by atoms with Crippen LogP contribution in [0.3, 0.4) is 0 Å². The number of benzene rings is 2. The van der Waals surface area contributed by atoms with E-state index < -0.39 is 23.5 Å². The van der Waals surface area contributed by atoms with Crippen molar-refractivity contribution in [2.45, 2.75) is 19.5 Å². The lowest BCUT2D eigenvalue weighted by Crippen LogP contribution is -2.29. The maximum atomic E-state index is 14.9. The first-order valence-electron chi connectivity index (χ1n) is 10.7. The van der Waals surface area contributed by atoms with Crippen LogP contribution < -0.4 is 4.74 Å². The predicted molar refractivity (Wildman–Crippen MR) is 125 cm³/mol. The summed E-state index contributed by atoms with van der Waals surface area (Å²) in [5, 5.41) is 11.3. The average molecular weight is 458 g/mol. The van der Waals surface area contributed by atoms with Crippen molar-refractivity contribution in [3.05, 3.63) is 113 Å². The summed E-state index contributed by atoms with van der Waals surface area (Å²) in [6, 6.07) is 13.2. The lowest BCUT2D eigenvalue weighted by Gasteiger charge is -2.26. The minimum Gasteiger partial charge on any atom is -0.507 e. The van der Waals surface area contributed by atoms with Gasteiger partial charge in [0.2, 0.25) is 0 Å². The summed E-state index contributed by atoms with van der Waals surface area (Å²) in [5.41, 5.74) is 1.67. The molecule has 1 saturated heterocycles. The lowest BCUT2D eigenvalue weighted by molar-refractivity contribution is -0.140. The number of nitrogens with zero attached hydrogens (tertiary/aromatic N) is 2. The molecule has 4 rings (SSSR count). The molecular weight excluding hydrogens is 435 g/mol. The van der Waals surface area contributed by atoms with E-state index in [9.17, 15) is 19.1 Å². The zero-order valence-electron chi connectivity index (χ0n) is 18.6. The fourth-order valence-corrected chi connectivity index (χ4v) is 4.04. The Morgan fingerprint density at radius 2 is 1.91 bits per heavy atom. The van der Waals surface area contributed by atoms with Crippen LogP contribution in [0.4, 0.5) is 4.39 Å². The van der Waals surface area contributed by atoms with Gasteiger partial charge in [0, 0.05) is 30.1 Å². The second-order valence-corrected chi connectivity index (χ2v) is 7.88. The number of ether oxygens (including phenoxy) is 1. The van der Waals surface area contributed by atoms with E-state index in [4.69, 9.17) is 4.74 Å². The summed E-state index contributed by atoms with van der Waals surface area (Å²) in [6.07, 6.45) is 4.76. The molecule has 7 heteroatoms. The molecule has 2 heterocycles. The molecule has 172 valence electrons. The van der Waals surface area contributed by atoms with Gasteiger partial charge in [0.25, 0.3) is 11.7 Å². The van der Waals surface area contributed by atoms with Crippen LogP contribution in [0.2, 0.25) is 0 Å². The van der Waals surface area contributed by atoms with Crippen LogP contribution in [0.1, 0.15) is 28.3 Å². The lowest BCUT2D eigenvalue weighted by atomic mass is 9.93. The van der Waals surface area contributed by atoms with E-state index in [0.29, 0.717) is 23.5 Å². The zero-order chi connectivity index (χ0) is 24.2. The average Bonchev–Trinajstić information content (AvgIpc) is 3.08. The first kappa shape index (κ1) is 22.9. The molecule has 34 heavy (non-hydrogen) atoms. The predicted octanol–water partition coefficient (Wildman–Crippen LogP) is 4.72. The Morgan fingerprint density at radius 3 is 2.59 bits per heavy atom. The molecule has 1 aliphatic heterocycles. The van der Waals surface area contributed by atoms with E-state index in [1.807, 2.05) is 0 Å². The van der Waals surface area contributed by atoms with Gasteiger partial charge >= 0.3 is 0 Å². The molecule has 1 fully saturated rings. The van der Waals surface area contributed by atoms with Gasteiger partial charge in [0.05, 0.1) is 11.6 Å². The monoisotopic (exact) mass is 458 g/mol. The third-order valence-corrected chi connectivity index (χ3v) is 5.66. The molecule has 3 aromatic rings. The molecule has 6 nitrogen and oxygen atoms in total. The number of hydrogen-bond donors (Lipinski definition) is 1. The minimum absolute atomic E-state index is 0.0518. The smallest absolute Gasteiger partial charge is 0.295 e. The molecule has 0 aliphatic carbocycles. The van der Waals surface area contributed by atoms with Gasteiger partial charge in [-0.15, -0.1) is 0 Å². The highest BCUT2D eigenvalue weighted by Crippen LogP contribution is 2.41. The Hall–Kier alpha value is -4.26. The number of pyridine rings is 1. The molecule has 1 atom stereocenters. The molecular formula is C27H23FN2O4. The number of aliphatic hydroxyl groups is 1. The highest BCUT2D eigenvalue weighted by molar-refractivity contribution is 6.46. The van der Waals surface area contributed by atoms with Crippen LogP contribution >= 0.6 is 0 Å². The number of amides is 1. The van der Waals surface area contributed by atoms with Gasteiger partial charge in [-0.1, -0.05) is 30.9 Å². The van der Waals surface area contributed by atoms with Crippen LogP contribution in [0, 0.1) is 12.7 Å². The number of hydrogen-bond acceptors (Lipinski definition) is 5. The van der Waals surface area contributed by atoms with Crippen molar-refractivity contribution in [3.8, 4) is 5.75 Å². The van der Waals surface area contributed by atoms with Gasteiger partial charge in [0.1, 0.15) is 23.9 Å². The van der Waals surface area contributed by atoms with Crippen molar-refractivity contribution in [1.29, 1.82) is 0 Å². The molecule has 1 unspecified atom stereocenters. The SMILES string of the molecule is C=CCOc1ccc(C(O)=C2C(=O)C(=O)N(Cc3ccncc3)C2c2ccccc2F)c(C)c1. The van der Waals surface area contributed by atoms with E-state index in [2.05, 4.69) is 11.6 Å². The summed E-state index contributed by atoms with van der Waals surface area (Å²) in [6.45, 7) is 5.73. The summed E-state index contributed by atoms with van der Waals surface area (Å²) < 4.78 is 20.4. The maximum absolute atomic E-state index is 14.9. The number of aliphatic hydroxyl groups excluding tert-OH is 1. The van der Waals surface area contributed by atoms with E-state index in [1.165, 1.54) is 23.1 Å². The largest absolute Gasteiger partial charge is 0.507 e. The topological polar surface area (TPSA) is 79.7 Å². The molecule has 0 spiro atoms. The van der Waals surface area contributed by atoms with Crippen LogP contribution in [-0.2, 0) is 16.1 Å². The second kappa shape index (κ2) is 9.70. The van der Waals surface area contributed by atoms with E-state index in [1.54, 1.807) is 61.8 Å². The number of aromatic nitrogens is 1. The Labute approximate surface area is 196 Å². The van der Waals surface area contributed by atoms with Gasteiger partial charge in [0.15, 0.2) is 0 Å². The van der Waals surface area contributed by atoms with E-state index in [0.717, 1.165) is 5.56 Å². The van der Waals surface area contributed by atoms with Gasteiger partial charge in [-0.3, -0.25) is 14.6 Å². The normalized spacial score (nSPS) is 17.1. The molecule has 1 N–H and O–H groups in total. The van der Waals surface area contributed by atoms with Crippen LogP contribution in [-0.4, -0.2) is 33.3 Å². The van der Waals surface area contributed by atoms with Crippen LogP contribution in [0.5, 0.6) is 5.75 Å². The van der Waals surface area contributed by atoms with Crippen molar-refractivity contribution in [1.82, 2.24) is 9.88 Å². The molecule has 1 aromatic heterocycles. The number of carbonyl (C=O) groups is 2. The molecule has 1 amide bonds. The number of ketones is 1. The van der Waals surface area contributed by atoms with Crippen molar-refractivity contribution in [2.75, 3.05) is 6.61 Å². The third-order valence-electron chi connectivity index (χ3n) is 5.66. The summed E-state index contributed by atoms with van der Waals surface area (Å²) >= 11 is 0. The van der Waals surface area contributed by atoms with Gasteiger partial charge in [-0.25, -0.2) is 4.39 Å². The van der Waals surface area contributed by atoms with Crippen molar-refractivity contribution < 1.29 is 23.8 Å². The van der Waals surface area contributed by atoms with Gasteiger partial charge < -0.3 is 14.7 Å². The fraction of sp³-hybridized carbons (Fsp3) is 0.148. The Bertz CT molecular complexity index is 1290. The molecule has 0 radical (unpaired) electrons. The van der Waals surface area contributed by atoms with Gasteiger partial charge in [-0.05, 0) is 54.4 Å². The fourth-order valence-electron chi connectivity index (χ4n) is 4.04. The summed E-state index contributed by atoms with van der Waals surface area (Å²) in [5.74, 6) is -2.05. The highest BCUT2D eigenvalue weighted by atomic mass is 19.1. The number of likely N-dealkylation sites (tertiary alicyclic amines) is 1. The maximum Gasteiger partial charge on any atom is 0.295 e. The van der Waals surface area contributed by atoms with Crippen LogP contribution in [0.25, 0.3) is 5.76 Å².